The van der Waals surface area contributed by atoms with Crippen molar-refractivity contribution in [3.05, 3.63) is 24.1 Å². The van der Waals surface area contributed by atoms with Gasteiger partial charge in [-0.2, -0.15) is 8.78 Å². The lowest BCUT2D eigenvalue weighted by Crippen LogP contribution is -2.06. The van der Waals surface area contributed by atoms with Crippen molar-refractivity contribution in [1.29, 1.82) is 0 Å². The highest BCUT2D eigenvalue weighted by Gasteiger charge is 2.06. The van der Waals surface area contributed by atoms with Crippen LogP contribution >= 0.6 is 0 Å². The smallest absolute Gasteiger partial charge is 0.333 e. The summed E-state index contributed by atoms with van der Waals surface area (Å²) < 4.78 is 39.8. The van der Waals surface area contributed by atoms with E-state index in [1.54, 1.807) is 0 Å². The lowest BCUT2D eigenvalue weighted by atomic mass is 10.3. The summed E-state index contributed by atoms with van der Waals surface area (Å²) in [6.45, 7) is 4.69. The lowest BCUT2D eigenvalue weighted by molar-refractivity contribution is -0.139. The van der Waals surface area contributed by atoms with Gasteiger partial charge in [-0.25, -0.2) is 9.18 Å². The summed E-state index contributed by atoms with van der Waals surface area (Å²) in [5.74, 6) is -2.06. The van der Waals surface area contributed by atoms with Gasteiger partial charge in [0.1, 0.15) is 0 Å². The SMILES string of the molecule is C=C(C)C(=O)OCCCC(F)=C(F)F. The molecule has 0 aliphatic heterocycles. The van der Waals surface area contributed by atoms with E-state index in [0.717, 1.165) is 0 Å². The van der Waals surface area contributed by atoms with E-state index < -0.39 is 24.3 Å². The Morgan fingerprint density at radius 1 is 1.36 bits per heavy atom. The van der Waals surface area contributed by atoms with Gasteiger partial charge in [0, 0.05) is 12.0 Å². The van der Waals surface area contributed by atoms with E-state index in [1.807, 2.05) is 0 Å². The third-order valence-corrected chi connectivity index (χ3v) is 1.33. The third kappa shape index (κ3) is 5.40. The largest absolute Gasteiger partial charge is 0.462 e. The van der Waals surface area contributed by atoms with Crippen molar-refractivity contribution >= 4 is 5.97 Å². The molecule has 5 heteroatoms. The summed E-state index contributed by atoms with van der Waals surface area (Å²) in [6, 6.07) is 0. The Hall–Kier alpha value is -1.26. The van der Waals surface area contributed by atoms with Gasteiger partial charge in [0.15, 0.2) is 5.83 Å². The van der Waals surface area contributed by atoms with Gasteiger partial charge in [-0.1, -0.05) is 6.58 Å². The van der Waals surface area contributed by atoms with E-state index in [-0.39, 0.29) is 18.6 Å². The van der Waals surface area contributed by atoms with E-state index in [0.29, 0.717) is 0 Å². The first-order valence-corrected chi connectivity index (χ1v) is 3.97. The van der Waals surface area contributed by atoms with Crippen molar-refractivity contribution in [3.8, 4) is 0 Å². The van der Waals surface area contributed by atoms with E-state index in [1.165, 1.54) is 6.92 Å². The van der Waals surface area contributed by atoms with E-state index in [9.17, 15) is 18.0 Å². The van der Waals surface area contributed by atoms with Crippen LogP contribution in [0.2, 0.25) is 0 Å². The van der Waals surface area contributed by atoms with E-state index in [4.69, 9.17) is 0 Å². The molecule has 0 atom stereocenters. The van der Waals surface area contributed by atoms with Gasteiger partial charge in [0.2, 0.25) is 0 Å². The number of hydrogen-bond acceptors (Lipinski definition) is 2. The minimum Gasteiger partial charge on any atom is -0.462 e. The number of esters is 1. The average molecular weight is 208 g/mol. The van der Waals surface area contributed by atoms with Crippen LogP contribution in [0.1, 0.15) is 19.8 Å². The zero-order valence-electron chi connectivity index (χ0n) is 7.78. The molecule has 0 saturated heterocycles. The monoisotopic (exact) mass is 208 g/mol. The zero-order valence-corrected chi connectivity index (χ0v) is 7.78. The van der Waals surface area contributed by atoms with Crippen molar-refractivity contribution in [2.75, 3.05) is 6.61 Å². The Balaban J connectivity index is 3.63. The maximum atomic E-state index is 12.2. The molecule has 0 saturated carbocycles. The number of halogens is 3. The number of carbonyl (C=O) groups is 1. The van der Waals surface area contributed by atoms with Crippen molar-refractivity contribution in [2.24, 2.45) is 0 Å². The first-order valence-electron chi connectivity index (χ1n) is 3.97. The Morgan fingerprint density at radius 3 is 2.36 bits per heavy atom. The zero-order chi connectivity index (χ0) is 11.1. The van der Waals surface area contributed by atoms with Crippen LogP contribution in [0.15, 0.2) is 24.1 Å². The summed E-state index contributed by atoms with van der Waals surface area (Å²) in [5, 5.41) is 0. The molecule has 0 aliphatic carbocycles. The molecular formula is C9H11F3O2. The van der Waals surface area contributed by atoms with Gasteiger partial charge >= 0.3 is 12.0 Å². The standard InChI is InChI=1S/C9H11F3O2/c1-6(2)9(13)14-5-3-4-7(10)8(11)12/h1,3-5H2,2H3. The molecular weight excluding hydrogens is 197 g/mol. The fourth-order valence-corrected chi connectivity index (χ4v) is 0.610. The molecule has 0 aromatic heterocycles. The summed E-state index contributed by atoms with van der Waals surface area (Å²) in [7, 11) is 0. The van der Waals surface area contributed by atoms with Crippen LogP contribution in [0.3, 0.4) is 0 Å². The maximum Gasteiger partial charge on any atom is 0.333 e. The predicted molar refractivity (Wildman–Crippen MR) is 45.4 cm³/mol. The predicted octanol–water partition coefficient (Wildman–Crippen LogP) is 2.96. The molecule has 80 valence electrons. The van der Waals surface area contributed by atoms with Gasteiger partial charge in [0.25, 0.3) is 0 Å². The molecule has 2 nitrogen and oxygen atoms in total. The highest BCUT2D eigenvalue weighted by atomic mass is 19.3. The second-order valence-corrected chi connectivity index (χ2v) is 2.69. The Labute approximate surface area is 80.1 Å². The van der Waals surface area contributed by atoms with E-state index in [2.05, 4.69) is 11.3 Å². The summed E-state index contributed by atoms with van der Waals surface area (Å²) in [6.07, 6.45) is -2.72. The molecule has 0 amide bonds. The highest BCUT2D eigenvalue weighted by molar-refractivity contribution is 5.86. The molecule has 0 fully saturated rings. The molecule has 0 N–H and O–H groups in total. The van der Waals surface area contributed by atoms with Crippen molar-refractivity contribution in [3.63, 3.8) is 0 Å². The lowest BCUT2D eigenvalue weighted by Gasteiger charge is -2.02. The van der Waals surface area contributed by atoms with Crippen molar-refractivity contribution < 1.29 is 22.7 Å². The molecule has 0 spiro atoms. The number of allylic oxidation sites excluding steroid dienone is 1. The van der Waals surface area contributed by atoms with Crippen LogP contribution in [0.25, 0.3) is 0 Å². The van der Waals surface area contributed by atoms with Gasteiger partial charge in [-0.15, -0.1) is 0 Å². The normalized spacial score (nSPS) is 9.43. The van der Waals surface area contributed by atoms with Crippen LogP contribution < -0.4 is 0 Å². The van der Waals surface area contributed by atoms with Gasteiger partial charge in [-0.05, 0) is 13.3 Å². The Bertz CT molecular complexity index is 255. The van der Waals surface area contributed by atoms with Crippen molar-refractivity contribution in [1.82, 2.24) is 0 Å². The van der Waals surface area contributed by atoms with Crippen LogP contribution in [-0.4, -0.2) is 12.6 Å². The fourth-order valence-electron chi connectivity index (χ4n) is 0.610. The number of carbonyl (C=O) groups excluding carboxylic acids is 1. The summed E-state index contributed by atoms with van der Waals surface area (Å²) >= 11 is 0. The Morgan fingerprint density at radius 2 is 1.93 bits per heavy atom. The van der Waals surface area contributed by atoms with Gasteiger partial charge < -0.3 is 4.74 Å². The second kappa shape index (κ2) is 6.23. The molecule has 0 heterocycles. The summed E-state index contributed by atoms with van der Waals surface area (Å²) in [5.41, 5.74) is 0.220. The quantitative estimate of drug-likeness (QED) is 0.394. The molecule has 0 rings (SSSR count). The van der Waals surface area contributed by atoms with Crippen LogP contribution in [0.4, 0.5) is 13.2 Å². The highest BCUT2D eigenvalue weighted by Crippen LogP contribution is 2.14. The number of ether oxygens (including phenoxy) is 1. The van der Waals surface area contributed by atoms with Gasteiger partial charge in [-0.3, -0.25) is 0 Å². The van der Waals surface area contributed by atoms with Crippen LogP contribution in [-0.2, 0) is 9.53 Å². The van der Waals surface area contributed by atoms with Crippen LogP contribution in [0.5, 0.6) is 0 Å². The fraction of sp³-hybridized carbons (Fsp3) is 0.444. The minimum absolute atomic E-state index is 0.0300. The van der Waals surface area contributed by atoms with Crippen LogP contribution in [0, 0.1) is 0 Å². The summed E-state index contributed by atoms with van der Waals surface area (Å²) in [4.78, 5) is 10.7. The maximum absolute atomic E-state index is 12.2. The first kappa shape index (κ1) is 12.7. The molecule has 0 aromatic rings. The number of rotatable bonds is 5. The average Bonchev–Trinajstić information content (AvgIpc) is 2.11. The molecule has 0 bridgehead atoms. The van der Waals surface area contributed by atoms with Crippen molar-refractivity contribution in [2.45, 2.75) is 19.8 Å². The van der Waals surface area contributed by atoms with E-state index >= 15 is 0 Å². The number of hydrogen-bond donors (Lipinski definition) is 0. The molecule has 0 radical (unpaired) electrons. The first-order chi connectivity index (χ1) is 6.45. The molecule has 0 unspecified atom stereocenters. The van der Waals surface area contributed by atoms with Gasteiger partial charge in [0.05, 0.1) is 6.61 Å². The molecule has 14 heavy (non-hydrogen) atoms. The topological polar surface area (TPSA) is 26.3 Å². The molecule has 0 aromatic carbocycles. The minimum atomic E-state index is -2.32. The Kier molecular flexibility index (Phi) is 5.67. The third-order valence-electron chi connectivity index (χ3n) is 1.33. The molecule has 0 aliphatic rings. The second-order valence-electron chi connectivity index (χ2n) is 2.69.